The molecule has 6 rings (SSSR count). The number of methoxy groups -OCH3 is 1. The summed E-state index contributed by atoms with van der Waals surface area (Å²) in [4.78, 5) is 9.18. The number of hydrogen-bond acceptors (Lipinski definition) is 12. The lowest BCUT2D eigenvalue weighted by Crippen LogP contribution is -2.06. The molecule has 19 heteroatoms. The second-order valence-electron chi connectivity index (χ2n) is 8.89. The van der Waals surface area contributed by atoms with Crippen LogP contribution in [0.1, 0.15) is 10.0 Å². The van der Waals surface area contributed by atoms with E-state index >= 15 is 0 Å². The van der Waals surface area contributed by atoms with Crippen LogP contribution >= 0.6 is 84.7 Å². The molecule has 0 bridgehead atoms. The fourth-order valence-electron chi connectivity index (χ4n) is 3.77. The van der Waals surface area contributed by atoms with Gasteiger partial charge in [-0.05, 0) is 36.4 Å². The van der Waals surface area contributed by atoms with Crippen molar-refractivity contribution < 1.29 is 4.74 Å². The van der Waals surface area contributed by atoms with Crippen molar-refractivity contribution >= 4 is 113 Å². The molecule has 0 aliphatic carbocycles. The molecule has 12 nitrogen and oxygen atoms in total. The Balaban J connectivity index is 0.000000795. The lowest BCUT2D eigenvalue weighted by molar-refractivity contribution is 0.415. The van der Waals surface area contributed by atoms with Gasteiger partial charge in [-0.25, -0.2) is 19.3 Å². The maximum atomic E-state index is 5.84. The molecule has 0 aliphatic rings. The van der Waals surface area contributed by atoms with Crippen LogP contribution in [0.3, 0.4) is 0 Å². The van der Waals surface area contributed by atoms with Gasteiger partial charge in [0.25, 0.3) is 0 Å². The molecule has 0 aliphatic heterocycles. The first-order valence-corrected chi connectivity index (χ1v) is 14.1. The Morgan fingerprint density at radius 3 is 1.35 bits per heavy atom. The molecule has 10 N–H and O–H groups in total. The largest absolute Gasteiger partial charge is 0.497 e. The number of nitrogens with zero attached hydrogens (tertiary/aromatic N) is 6. The Morgan fingerprint density at radius 2 is 1.00 bits per heavy atom. The SMILES string of the molecule is COc1ccc(-c2csc(Cn3ncc(N)c3N)n2)cc1.Cl.Cl.Cl.Cl.Cl.Nc1ccc(-c2csc(Cn3ncc(N)c3N)n2)cc1. The molecule has 0 saturated carbocycles. The van der Waals surface area contributed by atoms with Gasteiger partial charge in [-0.15, -0.1) is 84.7 Å². The zero-order chi connectivity index (χ0) is 28.9. The van der Waals surface area contributed by atoms with Crippen LogP contribution in [0.25, 0.3) is 22.5 Å². The van der Waals surface area contributed by atoms with E-state index in [0.717, 1.165) is 44.0 Å². The van der Waals surface area contributed by atoms with Crippen molar-refractivity contribution in [3.05, 3.63) is 81.7 Å². The van der Waals surface area contributed by atoms with Crippen LogP contribution in [-0.2, 0) is 13.1 Å². The van der Waals surface area contributed by atoms with Gasteiger partial charge in [0.1, 0.15) is 27.4 Å². The summed E-state index contributed by atoms with van der Waals surface area (Å²) in [6, 6.07) is 15.4. The van der Waals surface area contributed by atoms with Crippen molar-refractivity contribution in [2.24, 2.45) is 0 Å². The third-order valence-electron chi connectivity index (χ3n) is 6.09. The van der Waals surface area contributed by atoms with Crippen molar-refractivity contribution in [3.8, 4) is 28.3 Å². The highest BCUT2D eigenvalue weighted by Gasteiger charge is 2.10. The van der Waals surface area contributed by atoms with Gasteiger partial charge in [0, 0.05) is 27.6 Å². The number of aromatic nitrogens is 6. The molecule has 0 saturated heterocycles. The number of rotatable bonds is 7. The van der Waals surface area contributed by atoms with Gasteiger partial charge >= 0.3 is 0 Å². The molecule has 0 fully saturated rings. The number of ether oxygens (including phenoxy) is 1. The highest BCUT2D eigenvalue weighted by Crippen LogP contribution is 2.26. The van der Waals surface area contributed by atoms with Crippen molar-refractivity contribution in [1.82, 2.24) is 29.5 Å². The summed E-state index contributed by atoms with van der Waals surface area (Å²) in [5.41, 5.74) is 34.3. The summed E-state index contributed by atoms with van der Waals surface area (Å²) in [6.45, 7) is 1.03. The molecule has 250 valence electrons. The monoisotopic (exact) mass is 767 g/mol. The summed E-state index contributed by atoms with van der Waals surface area (Å²) in [5.74, 6) is 1.76. The summed E-state index contributed by atoms with van der Waals surface area (Å²) in [5, 5.41) is 14.1. The first-order chi connectivity index (χ1) is 19.8. The summed E-state index contributed by atoms with van der Waals surface area (Å²) < 4.78 is 8.43. The summed E-state index contributed by atoms with van der Waals surface area (Å²) in [7, 11) is 1.65. The van der Waals surface area contributed by atoms with Crippen LogP contribution in [-0.4, -0.2) is 36.6 Å². The molecule has 0 unspecified atom stereocenters. The van der Waals surface area contributed by atoms with E-state index in [2.05, 4.69) is 20.2 Å². The highest BCUT2D eigenvalue weighted by molar-refractivity contribution is 7.10. The maximum Gasteiger partial charge on any atom is 0.145 e. The van der Waals surface area contributed by atoms with E-state index in [1.54, 1.807) is 51.5 Å². The molecular formula is C27H34Cl5N11OS2. The third-order valence-corrected chi connectivity index (χ3v) is 7.75. The Hall–Kier alpha value is -3.63. The topological polar surface area (TPSA) is 201 Å². The molecule has 0 atom stereocenters. The Morgan fingerprint density at radius 1 is 0.609 bits per heavy atom. The van der Waals surface area contributed by atoms with Gasteiger partial charge in [-0.1, -0.05) is 12.1 Å². The number of halogens is 5. The first-order valence-electron chi connectivity index (χ1n) is 12.3. The van der Waals surface area contributed by atoms with Crippen LogP contribution in [0.2, 0.25) is 0 Å². The van der Waals surface area contributed by atoms with Crippen LogP contribution in [0.4, 0.5) is 28.7 Å². The molecule has 46 heavy (non-hydrogen) atoms. The van der Waals surface area contributed by atoms with Gasteiger partial charge in [0.05, 0.1) is 55.4 Å². The van der Waals surface area contributed by atoms with Gasteiger partial charge in [-0.3, -0.25) is 0 Å². The van der Waals surface area contributed by atoms with Crippen LogP contribution in [0, 0.1) is 0 Å². The van der Waals surface area contributed by atoms with Crippen molar-refractivity contribution in [2.45, 2.75) is 13.1 Å². The highest BCUT2D eigenvalue weighted by atomic mass is 35.5. The van der Waals surface area contributed by atoms with Gasteiger partial charge in [-0.2, -0.15) is 10.2 Å². The van der Waals surface area contributed by atoms with Gasteiger partial charge in [0.15, 0.2) is 0 Å². The quantitative estimate of drug-likeness (QED) is 0.118. The average Bonchev–Trinajstić information content (AvgIpc) is 3.78. The van der Waals surface area contributed by atoms with E-state index < -0.39 is 0 Å². The smallest absolute Gasteiger partial charge is 0.145 e. The maximum absolute atomic E-state index is 5.84. The molecule has 0 amide bonds. The van der Waals surface area contributed by atoms with Crippen molar-refractivity contribution in [2.75, 3.05) is 35.8 Å². The summed E-state index contributed by atoms with van der Waals surface area (Å²) in [6.07, 6.45) is 3.09. The zero-order valence-electron chi connectivity index (χ0n) is 24.2. The number of hydrogen-bond donors (Lipinski definition) is 5. The normalized spacial score (nSPS) is 9.59. The van der Waals surface area contributed by atoms with Crippen molar-refractivity contribution in [3.63, 3.8) is 0 Å². The van der Waals surface area contributed by atoms with Gasteiger partial charge in [0.2, 0.25) is 0 Å². The minimum absolute atomic E-state index is 0. The molecule has 4 aromatic heterocycles. The minimum Gasteiger partial charge on any atom is -0.497 e. The number of nitrogen functional groups attached to an aromatic ring is 5. The first kappa shape index (κ1) is 42.4. The molecule has 2 aromatic carbocycles. The Bertz CT molecular complexity index is 1760. The predicted molar refractivity (Wildman–Crippen MR) is 203 cm³/mol. The predicted octanol–water partition coefficient (Wildman–Crippen LogP) is 6.14. The molecule has 0 spiro atoms. The fraction of sp³-hybridized carbons (Fsp3) is 0.111. The van der Waals surface area contributed by atoms with Crippen LogP contribution in [0.15, 0.2) is 71.7 Å². The van der Waals surface area contributed by atoms with E-state index in [9.17, 15) is 0 Å². The number of nitrogens with two attached hydrogens (primary N) is 5. The Kier molecular flexibility index (Phi) is 17.6. The van der Waals surface area contributed by atoms with E-state index in [4.69, 9.17) is 33.4 Å². The second-order valence-corrected chi connectivity index (χ2v) is 10.8. The number of anilines is 5. The Labute approximate surface area is 304 Å². The molecule has 4 heterocycles. The third kappa shape index (κ3) is 10.2. The van der Waals surface area contributed by atoms with Crippen LogP contribution < -0.4 is 33.4 Å². The van der Waals surface area contributed by atoms with E-state index in [-0.39, 0.29) is 62.0 Å². The second kappa shape index (κ2) is 19.1. The summed E-state index contributed by atoms with van der Waals surface area (Å²) >= 11 is 3.13. The standard InChI is InChI=1S/C14H15N5OS.C13H14N6S.5ClH/c1-20-10-4-2-9(3-5-10)12-8-21-13(18-12)7-19-14(16)11(15)6-17-19;14-9-3-1-8(2-4-9)11-7-20-12(18-11)6-19-13(16)10(15)5-17-19;;;;;/h2-6,8H,7,15-16H2,1H3;1-5,7H,6,14-16H2;5*1H. The molecular weight excluding hydrogens is 736 g/mol. The zero-order valence-corrected chi connectivity index (χ0v) is 29.9. The van der Waals surface area contributed by atoms with Crippen molar-refractivity contribution in [1.29, 1.82) is 0 Å². The number of thiazole rings is 2. The van der Waals surface area contributed by atoms with E-state index in [1.165, 1.54) is 0 Å². The fourth-order valence-corrected chi connectivity index (χ4v) is 5.34. The van der Waals surface area contributed by atoms with Gasteiger partial charge < -0.3 is 33.4 Å². The lowest BCUT2D eigenvalue weighted by atomic mass is 10.1. The van der Waals surface area contributed by atoms with Crippen LogP contribution in [0.5, 0.6) is 5.75 Å². The lowest BCUT2D eigenvalue weighted by Gasteiger charge is -2.02. The molecule has 0 radical (unpaired) electrons. The average molecular weight is 770 g/mol. The number of benzene rings is 2. The molecule has 6 aromatic rings. The van der Waals surface area contributed by atoms with E-state index in [1.807, 2.05) is 59.3 Å². The van der Waals surface area contributed by atoms with E-state index in [0.29, 0.717) is 36.1 Å². The minimum atomic E-state index is 0.